The monoisotopic (exact) mass is 307 g/mol. The van der Waals surface area contributed by atoms with E-state index in [0.29, 0.717) is 12.0 Å². The van der Waals surface area contributed by atoms with Gasteiger partial charge >= 0.3 is 0 Å². The third-order valence-electron chi connectivity index (χ3n) is 4.98. The maximum Gasteiger partial charge on any atom is 0.205 e. The summed E-state index contributed by atoms with van der Waals surface area (Å²) in [7, 11) is 0. The number of nitrogens with two attached hydrogens (primary N) is 1. The van der Waals surface area contributed by atoms with Crippen LogP contribution in [0.4, 0.5) is 0 Å². The van der Waals surface area contributed by atoms with Crippen molar-refractivity contribution in [3.63, 3.8) is 0 Å². The average Bonchev–Trinajstić information content (AvgIpc) is 2.56. The minimum Gasteiger partial charge on any atom is -0.394 e. The number of rotatable bonds is 2. The summed E-state index contributed by atoms with van der Waals surface area (Å²) in [5.74, 6) is -1.62. The van der Waals surface area contributed by atoms with Crippen LogP contribution in [0.5, 0.6) is 0 Å². The van der Waals surface area contributed by atoms with Gasteiger partial charge in [0.05, 0.1) is 19.3 Å². The highest BCUT2D eigenvalue weighted by molar-refractivity contribution is 5.50. The van der Waals surface area contributed by atoms with E-state index >= 15 is 0 Å². The van der Waals surface area contributed by atoms with Crippen LogP contribution in [0.15, 0.2) is 34.4 Å². The van der Waals surface area contributed by atoms with Crippen LogP contribution in [-0.4, -0.2) is 46.5 Å². The Morgan fingerprint density at radius 3 is 2.59 bits per heavy atom. The molecule has 2 aliphatic carbocycles. The number of ether oxygens (including phenoxy) is 1. The summed E-state index contributed by atoms with van der Waals surface area (Å²) in [6.45, 7) is -0.313. The molecule has 1 unspecified atom stereocenters. The predicted octanol–water partition coefficient (Wildman–Crippen LogP) is 0.903. The fourth-order valence-electron chi connectivity index (χ4n) is 3.77. The Morgan fingerprint density at radius 1 is 1.23 bits per heavy atom. The first kappa shape index (κ1) is 15.9. The van der Waals surface area contributed by atoms with Crippen LogP contribution < -0.4 is 5.73 Å². The largest absolute Gasteiger partial charge is 0.394 e. The van der Waals surface area contributed by atoms with Gasteiger partial charge in [-0.1, -0.05) is 24.1 Å². The molecule has 3 aliphatic rings. The van der Waals surface area contributed by atoms with Crippen LogP contribution in [0, 0.1) is 0 Å². The topological polar surface area (TPSA) is 95.9 Å². The molecular weight excluding hydrogens is 282 g/mol. The van der Waals surface area contributed by atoms with Crippen molar-refractivity contribution in [1.29, 1.82) is 0 Å². The van der Waals surface area contributed by atoms with Crippen molar-refractivity contribution in [1.82, 2.24) is 0 Å². The first-order valence-corrected chi connectivity index (χ1v) is 8.11. The lowest BCUT2D eigenvalue weighted by atomic mass is 9.78. The molecule has 0 bridgehead atoms. The Kier molecular flexibility index (Phi) is 4.52. The van der Waals surface area contributed by atoms with Crippen molar-refractivity contribution >= 4 is 0 Å². The van der Waals surface area contributed by atoms with Gasteiger partial charge in [-0.15, -0.1) is 0 Å². The summed E-state index contributed by atoms with van der Waals surface area (Å²) < 4.78 is 5.52. The summed E-state index contributed by atoms with van der Waals surface area (Å²) in [5.41, 5.74) is 9.21. The molecule has 0 amide bonds. The van der Waals surface area contributed by atoms with Gasteiger partial charge in [0.2, 0.25) is 5.79 Å². The van der Waals surface area contributed by atoms with Gasteiger partial charge in [0.1, 0.15) is 6.10 Å². The second-order valence-corrected chi connectivity index (χ2v) is 6.41. The lowest BCUT2D eigenvalue weighted by Crippen LogP contribution is -2.51. The zero-order chi connectivity index (χ0) is 15.7. The third kappa shape index (κ3) is 2.68. The Bertz CT molecular complexity index is 529. The minimum absolute atomic E-state index is 0.106. The highest BCUT2D eigenvalue weighted by Gasteiger charge is 2.43. The molecule has 0 aromatic heterocycles. The molecule has 0 spiro atoms. The molecule has 122 valence electrons. The van der Waals surface area contributed by atoms with E-state index in [9.17, 15) is 15.3 Å². The SMILES string of the molecule is NC[C@@]1(O)O[C@@H](CO)CC2=C1C=CC(=C1CCCCC1)C2O. The Hall–Kier alpha value is -0.980. The molecule has 5 N–H and O–H groups in total. The Labute approximate surface area is 130 Å². The summed E-state index contributed by atoms with van der Waals surface area (Å²) >= 11 is 0. The summed E-state index contributed by atoms with van der Waals surface area (Å²) in [4.78, 5) is 0. The first-order chi connectivity index (χ1) is 10.6. The van der Waals surface area contributed by atoms with Crippen LogP contribution >= 0.6 is 0 Å². The predicted molar refractivity (Wildman–Crippen MR) is 82.9 cm³/mol. The van der Waals surface area contributed by atoms with E-state index < -0.39 is 18.0 Å². The van der Waals surface area contributed by atoms with E-state index in [0.717, 1.165) is 24.0 Å². The highest BCUT2D eigenvalue weighted by atomic mass is 16.6. The Morgan fingerprint density at radius 2 is 1.95 bits per heavy atom. The standard InChI is InChI=1S/C17H25NO4/c18-10-17(21)15-7-6-13(11-4-2-1-3-5-11)16(20)14(15)8-12(9-19)22-17/h6-7,12,16,19-21H,1-5,8-10,18H2/t12-,16?,17-/m1/s1. The second kappa shape index (κ2) is 6.26. The zero-order valence-corrected chi connectivity index (χ0v) is 12.8. The highest BCUT2D eigenvalue weighted by Crippen LogP contribution is 2.41. The molecule has 3 atom stereocenters. The molecule has 3 rings (SSSR count). The summed E-state index contributed by atoms with van der Waals surface area (Å²) in [5, 5.41) is 30.8. The maximum atomic E-state index is 10.8. The number of allylic oxidation sites excluding steroid dienone is 1. The number of aliphatic hydroxyl groups excluding tert-OH is 2. The van der Waals surface area contributed by atoms with Gasteiger partial charge in [-0.2, -0.15) is 0 Å². The summed E-state index contributed by atoms with van der Waals surface area (Å²) in [6, 6.07) is 0. The normalized spacial score (nSPS) is 35.8. The molecular formula is C17H25NO4. The minimum atomic E-state index is -1.62. The molecule has 0 saturated heterocycles. The molecule has 1 fully saturated rings. The van der Waals surface area contributed by atoms with Gasteiger partial charge in [0, 0.05) is 12.0 Å². The third-order valence-corrected chi connectivity index (χ3v) is 4.98. The second-order valence-electron chi connectivity index (χ2n) is 6.41. The van der Waals surface area contributed by atoms with Crippen molar-refractivity contribution in [3.8, 4) is 0 Å². The van der Waals surface area contributed by atoms with Crippen LogP contribution in [0.3, 0.4) is 0 Å². The van der Waals surface area contributed by atoms with Gasteiger partial charge in [-0.25, -0.2) is 0 Å². The fraction of sp³-hybridized carbons (Fsp3) is 0.647. The quantitative estimate of drug-likeness (QED) is 0.608. The number of hydrogen-bond acceptors (Lipinski definition) is 5. The van der Waals surface area contributed by atoms with Crippen molar-refractivity contribution in [2.75, 3.05) is 13.2 Å². The molecule has 1 aliphatic heterocycles. The average molecular weight is 307 g/mol. The van der Waals surface area contributed by atoms with Crippen molar-refractivity contribution < 1.29 is 20.1 Å². The van der Waals surface area contributed by atoms with Gasteiger partial charge in [-0.3, -0.25) is 0 Å². The molecule has 1 saturated carbocycles. The number of aliphatic hydroxyl groups is 3. The van der Waals surface area contributed by atoms with E-state index in [1.54, 1.807) is 0 Å². The molecule has 5 nitrogen and oxygen atoms in total. The molecule has 22 heavy (non-hydrogen) atoms. The van der Waals surface area contributed by atoms with Crippen LogP contribution in [0.2, 0.25) is 0 Å². The van der Waals surface area contributed by atoms with Gasteiger partial charge < -0.3 is 25.8 Å². The van der Waals surface area contributed by atoms with Crippen LogP contribution in [0.1, 0.15) is 38.5 Å². The molecule has 0 radical (unpaired) electrons. The first-order valence-electron chi connectivity index (χ1n) is 8.11. The van der Waals surface area contributed by atoms with E-state index in [4.69, 9.17) is 10.5 Å². The smallest absolute Gasteiger partial charge is 0.205 e. The molecule has 0 aromatic carbocycles. The van der Waals surface area contributed by atoms with E-state index in [2.05, 4.69) is 0 Å². The van der Waals surface area contributed by atoms with Crippen LogP contribution in [0.25, 0.3) is 0 Å². The molecule has 1 heterocycles. The number of hydrogen-bond donors (Lipinski definition) is 4. The Balaban J connectivity index is 1.98. The van der Waals surface area contributed by atoms with Gasteiger partial charge in [0.25, 0.3) is 0 Å². The molecule has 0 aromatic rings. The lowest BCUT2D eigenvalue weighted by molar-refractivity contribution is -0.211. The fourth-order valence-corrected chi connectivity index (χ4v) is 3.77. The van der Waals surface area contributed by atoms with E-state index in [1.165, 1.54) is 24.8 Å². The van der Waals surface area contributed by atoms with Crippen molar-refractivity contribution in [3.05, 3.63) is 34.4 Å². The summed E-state index contributed by atoms with van der Waals surface area (Å²) in [6.07, 6.45) is 8.50. The van der Waals surface area contributed by atoms with Crippen molar-refractivity contribution in [2.45, 2.75) is 56.5 Å². The van der Waals surface area contributed by atoms with E-state index in [-0.39, 0.29) is 13.2 Å². The van der Waals surface area contributed by atoms with Crippen LogP contribution in [-0.2, 0) is 4.74 Å². The maximum absolute atomic E-state index is 10.8. The van der Waals surface area contributed by atoms with Crippen molar-refractivity contribution in [2.24, 2.45) is 5.73 Å². The van der Waals surface area contributed by atoms with Gasteiger partial charge in [-0.05, 0) is 36.8 Å². The van der Waals surface area contributed by atoms with E-state index in [1.807, 2.05) is 12.2 Å². The lowest BCUT2D eigenvalue weighted by Gasteiger charge is -2.41. The molecule has 5 heteroatoms. The van der Waals surface area contributed by atoms with Gasteiger partial charge in [0.15, 0.2) is 0 Å². The zero-order valence-electron chi connectivity index (χ0n) is 12.8.